The van der Waals surface area contributed by atoms with Gasteiger partial charge in [0, 0.05) is 12.1 Å². The molecule has 92 valence electrons. The molecule has 0 aliphatic heterocycles. The van der Waals surface area contributed by atoms with E-state index in [0.717, 1.165) is 17.8 Å². The van der Waals surface area contributed by atoms with Crippen LogP contribution >= 0.6 is 36.2 Å². The molecule has 1 heterocycles. The molecule has 4 nitrogen and oxygen atoms in total. The summed E-state index contributed by atoms with van der Waals surface area (Å²) in [6, 6.07) is 0.326. The number of hydrogen-bond donors (Lipinski definition) is 2. The fourth-order valence-corrected chi connectivity index (χ4v) is 1.96. The molecular weight excluding hydrogens is 269 g/mol. The number of aryl methyl sites for hydroxylation is 1. The number of hydrogen-bond acceptors (Lipinski definition) is 4. The van der Waals surface area contributed by atoms with Gasteiger partial charge in [0.15, 0.2) is 0 Å². The first-order valence-corrected chi connectivity index (χ1v) is 5.53. The van der Waals surface area contributed by atoms with Gasteiger partial charge in [-0.1, -0.05) is 6.92 Å². The fourth-order valence-electron chi connectivity index (χ4n) is 1.20. The van der Waals surface area contributed by atoms with Crippen molar-refractivity contribution in [3.63, 3.8) is 0 Å². The Bertz CT molecular complexity index is 358. The normalized spacial score (nSPS) is 21.6. The SMILES string of the molecule is CCc1ncc(C(=O)NC2CC2N)s1.Cl.Cl. The fraction of sp³-hybridized carbons (Fsp3) is 0.556. The summed E-state index contributed by atoms with van der Waals surface area (Å²) in [4.78, 5) is 16.4. The number of nitrogens with zero attached hydrogens (tertiary/aromatic N) is 1. The van der Waals surface area contributed by atoms with Crippen LogP contribution in [0.25, 0.3) is 0 Å². The van der Waals surface area contributed by atoms with E-state index in [1.807, 2.05) is 6.92 Å². The van der Waals surface area contributed by atoms with Crippen molar-refractivity contribution in [2.24, 2.45) is 5.73 Å². The van der Waals surface area contributed by atoms with Crippen LogP contribution < -0.4 is 11.1 Å². The topological polar surface area (TPSA) is 68.0 Å². The van der Waals surface area contributed by atoms with Crippen LogP contribution in [0, 0.1) is 0 Å². The summed E-state index contributed by atoms with van der Waals surface area (Å²) in [5, 5.41) is 3.86. The highest BCUT2D eigenvalue weighted by atomic mass is 35.5. The molecule has 0 radical (unpaired) electrons. The molecule has 7 heteroatoms. The van der Waals surface area contributed by atoms with Crippen molar-refractivity contribution < 1.29 is 4.79 Å². The molecule has 1 aliphatic carbocycles. The van der Waals surface area contributed by atoms with Gasteiger partial charge >= 0.3 is 0 Å². The molecule has 1 fully saturated rings. The molecule has 2 rings (SSSR count). The number of carbonyl (C=O) groups is 1. The highest BCUT2D eigenvalue weighted by molar-refractivity contribution is 7.13. The molecular formula is C9H15Cl2N3OS. The predicted octanol–water partition coefficient (Wildman–Crippen LogP) is 1.38. The second kappa shape index (κ2) is 6.39. The van der Waals surface area contributed by atoms with Crippen LogP contribution in [0.1, 0.15) is 28.0 Å². The largest absolute Gasteiger partial charge is 0.347 e. The van der Waals surface area contributed by atoms with Gasteiger partial charge in [0.2, 0.25) is 0 Å². The first-order chi connectivity index (χ1) is 6.70. The van der Waals surface area contributed by atoms with E-state index < -0.39 is 0 Å². The Hall–Kier alpha value is -0.360. The van der Waals surface area contributed by atoms with Gasteiger partial charge < -0.3 is 11.1 Å². The minimum absolute atomic E-state index is 0. The van der Waals surface area contributed by atoms with E-state index in [9.17, 15) is 4.79 Å². The van der Waals surface area contributed by atoms with Gasteiger partial charge in [-0.15, -0.1) is 36.2 Å². The summed E-state index contributed by atoms with van der Waals surface area (Å²) in [6.07, 6.45) is 3.40. The highest BCUT2D eigenvalue weighted by Gasteiger charge is 2.35. The summed E-state index contributed by atoms with van der Waals surface area (Å²) < 4.78 is 0. The average molecular weight is 284 g/mol. The molecule has 0 bridgehead atoms. The zero-order chi connectivity index (χ0) is 10.1. The molecule has 3 N–H and O–H groups in total. The standard InChI is InChI=1S/C9H13N3OS.2ClH/c1-2-8-11-4-7(14-8)9(13)12-6-3-5(6)10;;/h4-6H,2-3,10H2,1H3,(H,12,13);2*1H. The molecule has 16 heavy (non-hydrogen) atoms. The lowest BCUT2D eigenvalue weighted by atomic mass is 10.5. The van der Waals surface area contributed by atoms with E-state index in [-0.39, 0.29) is 42.8 Å². The summed E-state index contributed by atoms with van der Waals surface area (Å²) in [6.45, 7) is 2.03. The Morgan fingerprint density at radius 2 is 2.31 bits per heavy atom. The van der Waals surface area contributed by atoms with Gasteiger partial charge in [-0.25, -0.2) is 4.98 Å². The zero-order valence-electron chi connectivity index (χ0n) is 8.80. The monoisotopic (exact) mass is 283 g/mol. The van der Waals surface area contributed by atoms with Gasteiger partial charge in [0.05, 0.1) is 11.2 Å². The lowest BCUT2D eigenvalue weighted by Crippen LogP contribution is -2.28. The van der Waals surface area contributed by atoms with Gasteiger partial charge in [-0.2, -0.15) is 0 Å². The van der Waals surface area contributed by atoms with E-state index >= 15 is 0 Å². The molecule has 1 aliphatic rings. The number of carbonyl (C=O) groups excluding carboxylic acids is 1. The van der Waals surface area contributed by atoms with E-state index in [0.29, 0.717) is 4.88 Å². The lowest BCUT2D eigenvalue weighted by Gasteiger charge is -1.99. The van der Waals surface area contributed by atoms with Gasteiger partial charge in [-0.3, -0.25) is 4.79 Å². The molecule has 0 spiro atoms. The first kappa shape index (κ1) is 15.6. The maximum absolute atomic E-state index is 11.6. The molecule has 1 amide bonds. The lowest BCUT2D eigenvalue weighted by molar-refractivity contribution is 0.0954. The molecule has 1 aromatic heterocycles. The number of amides is 1. The Morgan fingerprint density at radius 1 is 1.69 bits per heavy atom. The number of thiazole rings is 1. The third kappa shape index (κ3) is 3.59. The van der Waals surface area contributed by atoms with Crippen molar-refractivity contribution in [3.8, 4) is 0 Å². The average Bonchev–Trinajstić information content (AvgIpc) is 2.72. The van der Waals surface area contributed by atoms with Crippen LogP contribution in [-0.4, -0.2) is 23.0 Å². The van der Waals surface area contributed by atoms with Crippen LogP contribution in [0.5, 0.6) is 0 Å². The van der Waals surface area contributed by atoms with Crippen molar-refractivity contribution in [2.75, 3.05) is 0 Å². The van der Waals surface area contributed by atoms with Crippen LogP contribution in [0.4, 0.5) is 0 Å². The molecule has 2 atom stereocenters. The number of nitrogens with two attached hydrogens (primary N) is 1. The van der Waals surface area contributed by atoms with Crippen LogP contribution in [0.15, 0.2) is 6.20 Å². The maximum Gasteiger partial charge on any atom is 0.263 e. The maximum atomic E-state index is 11.6. The van der Waals surface area contributed by atoms with Gasteiger partial charge in [0.1, 0.15) is 4.88 Å². The third-order valence-corrected chi connectivity index (χ3v) is 3.38. The highest BCUT2D eigenvalue weighted by Crippen LogP contribution is 2.20. The minimum atomic E-state index is -0.0415. The van der Waals surface area contributed by atoms with Crippen LogP contribution in [-0.2, 0) is 6.42 Å². The minimum Gasteiger partial charge on any atom is -0.347 e. The van der Waals surface area contributed by atoms with E-state index in [4.69, 9.17) is 5.73 Å². The van der Waals surface area contributed by atoms with Crippen molar-refractivity contribution in [3.05, 3.63) is 16.1 Å². The Balaban J connectivity index is 0.00000112. The summed E-state index contributed by atoms with van der Waals surface area (Å²) in [5.74, 6) is -0.0415. The molecule has 0 saturated heterocycles. The summed E-state index contributed by atoms with van der Waals surface area (Å²) in [7, 11) is 0. The molecule has 1 saturated carbocycles. The smallest absolute Gasteiger partial charge is 0.263 e. The first-order valence-electron chi connectivity index (χ1n) is 4.72. The quantitative estimate of drug-likeness (QED) is 0.881. The second-order valence-electron chi connectivity index (χ2n) is 3.45. The number of rotatable bonds is 3. The number of aromatic nitrogens is 1. The zero-order valence-corrected chi connectivity index (χ0v) is 11.3. The van der Waals surface area contributed by atoms with E-state index in [1.165, 1.54) is 11.3 Å². The van der Waals surface area contributed by atoms with E-state index in [1.54, 1.807) is 6.20 Å². The molecule has 1 aromatic rings. The van der Waals surface area contributed by atoms with Crippen LogP contribution in [0.2, 0.25) is 0 Å². The van der Waals surface area contributed by atoms with Gasteiger partial charge in [-0.05, 0) is 12.8 Å². The summed E-state index contributed by atoms with van der Waals surface area (Å²) >= 11 is 1.45. The van der Waals surface area contributed by atoms with Crippen molar-refractivity contribution in [1.29, 1.82) is 0 Å². The van der Waals surface area contributed by atoms with Crippen molar-refractivity contribution in [2.45, 2.75) is 31.8 Å². The summed E-state index contributed by atoms with van der Waals surface area (Å²) in [5.41, 5.74) is 5.60. The van der Waals surface area contributed by atoms with E-state index in [2.05, 4.69) is 10.3 Å². The Labute approximate surface area is 111 Å². The molecule has 0 aromatic carbocycles. The Morgan fingerprint density at radius 3 is 2.75 bits per heavy atom. The number of halogens is 2. The number of nitrogens with one attached hydrogen (secondary N) is 1. The van der Waals surface area contributed by atoms with Crippen molar-refractivity contribution >= 4 is 42.1 Å². The van der Waals surface area contributed by atoms with Crippen molar-refractivity contribution in [1.82, 2.24) is 10.3 Å². The van der Waals surface area contributed by atoms with Gasteiger partial charge in [0.25, 0.3) is 5.91 Å². The second-order valence-corrected chi connectivity index (χ2v) is 4.57. The Kier molecular flexibility index (Phi) is 6.25. The van der Waals surface area contributed by atoms with Crippen LogP contribution in [0.3, 0.4) is 0 Å². The third-order valence-electron chi connectivity index (χ3n) is 2.24. The predicted molar refractivity (Wildman–Crippen MR) is 69.8 cm³/mol. The molecule has 2 unspecified atom stereocenters.